The van der Waals surface area contributed by atoms with Gasteiger partial charge >= 0.3 is 0 Å². The molecule has 1 aliphatic heterocycles. The second kappa shape index (κ2) is 5.54. The van der Waals surface area contributed by atoms with E-state index < -0.39 is 6.10 Å². The van der Waals surface area contributed by atoms with Gasteiger partial charge in [-0.3, -0.25) is 0 Å². The fourth-order valence-corrected chi connectivity index (χ4v) is 3.33. The van der Waals surface area contributed by atoms with Crippen molar-refractivity contribution in [3.8, 4) is 6.07 Å². The molecule has 2 aliphatic rings. The fourth-order valence-electron chi connectivity index (χ4n) is 3.33. The first-order chi connectivity index (χ1) is 10.1. The number of aliphatic hydroxyl groups excluding tert-OH is 1. The number of nitrogens with two attached hydrogens (primary N) is 2. The van der Waals surface area contributed by atoms with Gasteiger partial charge in [0.25, 0.3) is 0 Å². The van der Waals surface area contributed by atoms with Crippen LogP contribution in [-0.4, -0.2) is 40.1 Å². The largest absolute Gasteiger partial charge is 0.391 e. The van der Waals surface area contributed by atoms with Crippen molar-refractivity contribution in [3.63, 3.8) is 0 Å². The number of anilines is 2. The average molecular weight is 290 g/mol. The SMILES string of the molecule is N#Cc1c(N2CCC(N)CC2)nn(C2CCCC2O)c1N. The second-order valence-electron chi connectivity index (χ2n) is 6.03. The highest BCUT2D eigenvalue weighted by Crippen LogP contribution is 2.35. The molecule has 1 aromatic rings. The zero-order valence-corrected chi connectivity index (χ0v) is 12.1. The first kappa shape index (κ1) is 14.2. The predicted molar refractivity (Wildman–Crippen MR) is 79.7 cm³/mol. The van der Waals surface area contributed by atoms with Gasteiger partial charge in [-0.25, -0.2) is 4.68 Å². The Morgan fingerprint density at radius 2 is 1.95 bits per heavy atom. The molecule has 7 heteroatoms. The highest BCUT2D eigenvalue weighted by molar-refractivity contribution is 5.65. The van der Waals surface area contributed by atoms with E-state index in [2.05, 4.69) is 16.1 Å². The van der Waals surface area contributed by atoms with Gasteiger partial charge in [0, 0.05) is 19.1 Å². The molecule has 0 amide bonds. The van der Waals surface area contributed by atoms with Gasteiger partial charge in [0.2, 0.25) is 0 Å². The maximum Gasteiger partial charge on any atom is 0.170 e. The zero-order valence-electron chi connectivity index (χ0n) is 12.1. The minimum atomic E-state index is -0.429. The van der Waals surface area contributed by atoms with Gasteiger partial charge < -0.3 is 21.5 Å². The van der Waals surface area contributed by atoms with Gasteiger partial charge in [0.05, 0.1) is 12.1 Å². The number of hydrogen-bond acceptors (Lipinski definition) is 6. The van der Waals surface area contributed by atoms with E-state index in [1.54, 1.807) is 4.68 Å². The maximum absolute atomic E-state index is 10.1. The summed E-state index contributed by atoms with van der Waals surface area (Å²) in [5, 5.41) is 24.0. The minimum Gasteiger partial charge on any atom is -0.391 e. The van der Waals surface area contributed by atoms with Crippen molar-refractivity contribution < 1.29 is 5.11 Å². The first-order valence-electron chi connectivity index (χ1n) is 7.58. The van der Waals surface area contributed by atoms with Gasteiger partial charge in [0.1, 0.15) is 17.5 Å². The van der Waals surface area contributed by atoms with Crippen molar-refractivity contribution >= 4 is 11.6 Å². The molecule has 5 N–H and O–H groups in total. The molecule has 2 fully saturated rings. The van der Waals surface area contributed by atoms with Crippen LogP contribution in [-0.2, 0) is 0 Å². The standard InChI is InChI=1S/C14H22N6O/c15-8-10-13(17)20(11-2-1-3-12(11)21)18-14(10)19-6-4-9(16)5-7-19/h9,11-12,21H,1-7,16-17H2. The molecular formula is C14H22N6O. The predicted octanol–water partition coefficient (Wildman–Crippen LogP) is 0.350. The van der Waals surface area contributed by atoms with Gasteiger partial charge in [-0.1, -0.05) is 0 Å². The summed E-state index contributed by atoms with van der Waals surface area (Å²) in [4.78, 5) is 2.08. The van der Waals surface area contributed by atoms with Crippen molar-refractivity contribution in [1.29, 1.82) is 5.26 Å². The highest BCUT2D eigenvalue weighted by atomic mass is 16.3. The van der Waals surface area contributed by atoms with Crippen molar-refractivity contribution in [2.24, 2.45) is 5.73 Å². The molecule has 1 aliphatic carbocycles. The number of nitrogens with zero attached hydrogens (tertiary/aromatic N) is 4. The Kier molecular flexibility index (Phi) is 3.74. The lowest BCUT2D eigenvalue weighted by Gasteiger charge is -2.30. The Balaban J connectivity index is 1.92. The van der Waals surface area contributed by atoms with E-state index >= 15 is 0 Å². The summed E-state index contributed by atoms with van der Waals surface area (Å²) in [7, 11) is 0. The Morgan fingerprint density at radius 1 is 1.24 bits per heavy atom. The summed E-state index contributed by atoms with van der Waals surface area (Å²) in [6, 6.07) is 2.28. The van der Waals surface area contributed by atoms with Crippen LogP contribution in [0.4, 0.5) is 11.6 Å². The Hall–Kier alpha value is -1.78. The molecule has 2 unspecified atom stereocenters. The molecular weight excluding hydrogens is 268 g/mol. The second-order valence-corrected chi connectivity index (χ2v) is 6.03. The van der Waals surface area contributed by atoms with Gasteiger partial charge in [0.15, 0.2) is 5.82 Å². The third kappa shape index (κ3) is 2.45. The summed E-state index contributed by atoms with van der Waals surface area (Å²) >= 11 is 0. The maximum atomic E-state index is 10.1. The summed E-state index contributed by atoms with van der Waals surface area (Å²) < 4.78 is 1.65. The van der Waals surface area contributed by atoms with Crippen LogP contribution in [0.25, 0.3) is 0 Å². The molecule has 21 heavy (non-hydrogen) atoms. The fraction of sp³-hybridized carbons (Fsp3) is 0.714. The van der Waals surface area contributed by atoms with E-state index in [-0.39, 0.29) is 12.1 Å². The third-order valence-corrected chi connectivity index (χ3v) is 4.64. The van der Waals surface area contributed by atoms with E-state index in [1.807, 2.05) is 0 Å². The normalized spacial score (nSPS) is 27.0. The molecule has 0 spiro atoms. The Bertz CT molecular complexity index is 555. The van der Waals surface area contributed by atoms with Gasteiger partial charge in [-0.05, 0) is 32.1 Å². The smallest absolute Gasteiger partial charge is 0.170 e. The number of piperidine rings is 1. The highest BCUT2D eigenvalue weighted by Gasteiger charge is 2.32. The number of nitrogen functional groups attached to an aromatic ring is 1. The lowest BCUT2D eigenvalue weighted by Crippen LogP contribution is -2.40. The van der Waals surface area contributed by atoms with Crippen molar-refractivity contribution in [2.45, 2.75) is 50.3 Å². The van der Waals surface area contributed by atoms with Crippen molar-refractivity contribution in [1.82, 2.24) is 9.78 Å². The topological polar surface area (TPSA) is 117 Å². The molecule has 1 saturated heterocycles. The van der Waals surface area contributed by atoms with Gasteiger partial charge in [-0.2, -0.15) is 10.4 Å². The molecule has 2 heterocycles. The van der Waals surface area contributed by atoms with Crippen LogP contribution in [0.2, 0.25) is 0 Å². The molecule has 0 bridgehead atoms. The molecule has 114 valence electrons. The molecule has 1 aromatic heterocycles. The van der Waals surface area contributed by atoms with E-state index in [1.165, 1.54) is 0 Å². The lowest BCUT2D eigenvalue weighted by atomic mass is 10.1. The number of aromatic nitrogens is 2. The van der Waals surface area contributed by atoms with Crippen LogP contribution in [0.1, 0.15) is 43.7 Å². The number of nitriles is 1. The number of hydrogen-bond donors (Lipinski definition) is 3. The van der Waals surface area contributed by atoms with E-state index in [0.717, 1.165) is 45.2 Å². The van der Waals surface area contributed by atoms with Crippen LogP contribution >= 0.6 is 0 Å². The summed E-state index contributed by atoms with van der Waals surface area (Å²) in [6.45, 7) is 1.58. The molecule has 2 atom stereocenters. The van der Waals surface area contributed by atoms with Crippen molar-refractivity contribution in [2.75, 3.05) is 23.7 Å². The van der Waals surface area contributed by atoms with E-state index in [9.17, 15) is 10.4 Å². The third-order valence-electron chi connectivity index (χ3n) is 4.64. The van der Waals surface area contributed by atoms with Crippen LogP contribution in [0.15, 0.2) is 0 Å². The minimum absolute atomic E-state index is 0.113. The summed E-state index contributed by atoms with van der Waals surface area (Å²) in [5.74, 6) is 1.01. The monoisotopic (exact) mass is 290 g/mol. The van der Waals surface area contributed by atoms with Crippen LogP contribution in [0, 0.1) is 11.3 Å². The number of aliphatic hydroxyl groups is 1. The van der Waals surface area contributed by atoms with Crippen molar-refractivity contribution in [3.05, 3.63) is 5.56 Å². The van der Waals surface area contributed by atoms with E-state index in [0.29, 0.717) is 17.2 Å². The molecule has 0 aromatic carbocycles. The molecule has 3 rings (SSSR count). The molecule has 7 nitrogen and oxygen atoms in total. The summed E-state index contributed by atoms with van der Waals surface area (Å²) in [5.41, 5.74) is 12.5. The molecule has 1 saturated carbocycles. The van der Waals surface area contributed by atoms with Crippen LogP contribution in [0.3, 0.4) is 0 Å². The number of rotatable bonds is 2. The Labute approximate surface area is 124 Å². The Morgan fingerprint density at radius 3 is 2.52 bits per heavy atom. The first-order valence-corrected chi connectivity index (χ1v) is 7.58. The zero-order chi connectivity index (χ0) is 15.0. The lowest BCUT2D eigenvalue weighted by molar-refractivity contribution is 0.131. The average Bonchev–Trinajstić information content (AvgIpc) is 3.03. The summed E-state index contributed by atoms with van der Waals surface area (Å²) in [6.07, 6.45) is 3.93. The quantitative estimate of drug-likeness (QED) is 0.723. The van der Waals surface area contributed by atoms with E-state index in [4.69, 9.17) is 11.5 Å². The van der Waals surface area contributed by atoms with Crippen LogP contribution < -0.4 is 16.4 Å². The van der Waals surface area contributed by atoms with Crippen LogP contribution in [0.5, 0.6) is 0 Å². The van der Waals surface area contributed by atoms with Gasteiger partial charge in [-0.15, -0.1) is 0 Å². The molecule has 0 radical (unpaired) electrons.